The zero-order valence-corrected chi connectivity index (χ0v) is 12.0. The van der Waals surface area contributed by atoms with Crippen molar-refractivity contribution in [1.82, 2.24) is 10.2 Å². The molecule has 1 heterocycles. The van der Waals surface area contributed by atoms with Crippen LogP contribution in [0.5, 0.6) is 0 Å². The van der Waals surface area contributed by atoms with Crippen LogP contribution in [0.2, 0.25) is 0 Å². The molecule has 0 spiro atoms. The molecule has 0 saturated carbocycles. The average Bonchev–Trinajstić information content (AvgIpc) is 2.45. The molecule has 1 fully saturated rings. The number of carbonyl (C=O) groups is 1. The lowest BCUT2D eigenvalue weighted by Crippen LogP contribution is -2.49. The number of amides is 1. The van der Waals surface area contributed by atoms with Gasteiger partial charge in [-0.2, -0.15) is 0 Å². The summed E-state index contributed by atoms with van der Waals surface area (Å²) >= 11 is 0. The molecule has 2 rings (SSSR count). The molecule has 0 aliphatic carbocycles. The molecule has 1 aromatic rings. The van der Waals surface area contributed by atoms with Crippen LogP contribution in [-0.4, -0.2) is 37.5 Å². The van der Waals surface area contributed by atoms with E-state index < -0.39 is 0 Å². The highest BCUT2D eigenvalue weighted by Gasteiger charge is 2.36. The number of carbonyl (C=O) groups excluding carboxylic acids is 1. The largest absolute Gasteiger partial charge is 0.359 e. The third kappa shape index (κ3) is 3.57. The first-order chi connectivity index (χ1) is 9.14. The van der Waals surface area contributed by atoms with Gasteiger partial charge in [0.15, 0.2) is 0 Å². The van der Waals surface area contributed by atoms with Crippen molar-refractivity contribution in [3.05, 3.63) is 35.9 Å². The molecule has 0 radical (unpaired) electrons. The maximum absolute atomic E-state index is 12.0. The van der Waals surface area contributed by atoms with E-state index in [0.29, 0.717) is 0 Å². The Hall–Kier alpha value is -1.35. The lowest BCUT2D eigenvalue weighted by atomic mass is 9.81. The van der Waals surface area contributed by atoms with E-state index in [-0.39, 0.29) is 11.3 Å². The standard InChI is InChI=1S/C16H24N2O/c1-16(15(19)17-2)10-6-11-18(13-16)12-9-14-7-4-3-5-8-14/h3-5,7-8H,6,9-13H2,1-2H3,(H,17,19)/t16-/m1/s1. The molecular formula is C16H24N2O. The van der Waals surface area contributed by atoms with Crippen molar-refractivity contribution in [3.63, 3.8) is 0 Å². The van der Waals surface area contributed by atoms with Crippen molar-refractivity contribution in [2.75, 3.05) is 26.7 Å². The van der Waals surface area contributed by atoms with Gasteiger partial charge in [0, 0.05) is 20.1 Å². The lowest BCUT2D eigenvalue weighted by molar-refractivity contribution is -0.132. The summed E-state index contributed by atoms with van der Waals surface area (Å²) in [5.41, 5.74) is 1.15. The summed E-state index contributed by atoms with van der Waals surface area (Å²) in [6, 6.07) is 10.6. The van der Waals surface area contributed by atoms with Crippen LogP contribution in [0.3, 0.4) is 0 Å². The molecule has 1 saturated heterocycles. The highest BCUT2D eigenvalue weighted by Crippen LogP contribution is 2.29. The van der Waals surface area contributed by atoms with Gasteiger partial charge in [-0.3, -0.25) is 4.79 Å². The number of benzene rings is 1. The molecule has 0 bridgehead atoms. The van der Waals surface area contributed by atoms with Crippen LogP contribution < -0.4 is 5.32 Å². The van der Waals surface area contributed by atoms with Crippen LogP contribution >= 0.6 is 0 Å². The van der Waals surface area contributed by atoms with Crippen LogP contribution in [0, 0.1) is 5.41 Å². The van der Waals surface area contributed by atoms with E-state index in [4.69, 9.17) is 0 Å². The third-order valence-corrected chi connectivity index (χ3v) is 4.11. The minimum atomic E-state index is -0.219. The summed E-state index contributed by atoms with van der Waals surface area (Å²) in [5.74, 6) is 0.178. The smallest absolute Gasteiger partial charge is 0.226 e. The molecule has 0 unspecified atom stereocenters. The molecule has 1 aromatic carbocycles. The molecule has 104 valence electrons. The molecule has 19 heavy (non-hydrogen) atoms. The zero-order valence-electron chi connectivity index (χ0n) is 12.0. The predicted molar refractivity (Wildman–Crippen MR) is 78.0 cm³/mol. The van der Waals surface area contributed by atoms with E-state index in [1.54, 1.807) is 7.05 Å². The Balaban J connectivity index is 1.89. The van der Waals surface area contributed by atoms with Gasteiger partial charge in [0.2, 0.25) is 5.91 Å². The topological polar surface area (TPSA) is 32.3 Å². The van der Waals surface area contributed by atoms with Crippen molar-refractivity contribution >= 4 is 5.91 Å². The summed E-state index contributed by atoms with van der Waals surface area (Å²) < 4.78 is 0. The summed E-state index contributed by atoms with van der Waals surface area (Å²) in [6.45, 7) is 5.11. The van der Waals surface area contributed by atoms with Crippen molar-refractivity contribution in [3.8, 4) is 0 Å². The second-order valence-electron chi connectivity index (χ2n) is 5.76. The van der Waals surface area contributed by atoms with Gasteiger partial charge in [0.05, 0.1) is 5.41 Å². The van der Waals surface area contributed by atoms with E-state index in [9.17, 15) is 4.79 Å². The Morgan fingerprint density at radius 1 is 1.37 bits per heavy atom. The second-order valence-corrected chi connectivity index (χ2v) is 5.76. The van der Waals surface area contributed by atoms with Gasteiger partial charge in [-0.1, -0.05) is 30.3 Å². The number of nitrogens with zero attached hydrogens (tertiary/aromatic N) is 1. The van der Waals surface area contributed by atoms with Crippen molar-refractivity contribution in [2.45, 2.75) is 26.2 Å². The van der Waals surface area contributed by atoms with E-state index in [2.05, 4.69) is 41.4 Å². The molecular weight excluding hydrogens is 236 g/mol. The third-order valence-electron chi connectivity index (χ3n) is 4.11. The highest BCUT2D eigenvalue weighted by atomic mass is 16.2. The molecule has 1 aliphatic heterocycles. The van der Waals surface area contributed by atoms with Crippen LogP contribution in [-0.2, 0) is 11.2 Å². The van der Waals surface area contributed by atoms with E-state index >= 15 is 0 Å². The second kappa shape index (κ2) is 6.20. The molecule has 3 nitrogen and oxygen atoms in total. The van der Waals surface area contributed by atoms with Crippen molar-refractivity contribution in [2.24, 2.45) is 5.41 Å². The molecule has 3 heteroatoms. The average molecular weight is 260 g/mol. The van der Waals surface area contributed by atoms with E-state index in [1.165, 1.54) is 5.56 Å². The first-order valence-electron chi connectivity index (χ1n) is 7.12. The number of likely N-dealkylation sites (tertiary alicyclic amines) is 1. The van der Waals surface area contributed by atoms with Crippen LogP contribution in [0.1, 0.15) is 25.3 Å². The first-order valence-corrected chi connectivity index (χ1v) is 7.12. The maximum atomic E-state index is 12.0. The Morgan fingerprint density at radius 2 is 2.11 bits per heavy atom. The molecule has 0 aromatic heterocycles. The predicted octanol–water partition coefficient (Wildman–Crippen LogP) is 2.08. The summed E-state index contributed by atoms with van der Waals surface area (Å²) in [5, 5.41) is 2.80. The molecule has 1 aliphatic rings. The first kappa shape index (κ1) is 14.1. The van der Waals surface area contributed by atoms with Gasteiger partial charge < -0.3 is 10.2 Å². The van der Waals surface area contributed by atoms with E-state index in [0.717, 1.165) is 38.9 Å². The SMILES string of the molecule is CNC(=O)[C@]1(C)CCCN(CCc2ccccc2)C1. The maximum Gasteiger partial charge on any atom is 0.226 e. The quantitative estimate of drug-likeness (QED) is 0.899. The Bertz CT molecular complexity index is 418. The number of nitrogens with one attached hydrogen (secondary N) is 1. The van der Waals surface area contributed by atoms with Gasteiger partial charge in [-0.05, 0) is 38.3 Å². The van der Waals surface area contributed by atoms with Gasteiger partial charge in [-0.25, -0.2) is 0 Å². The van der Waals surface area contributed by atoms with Gasteiger partial charge >= 0.3 is 0 Å². The summed E-state index contributed by atoms with van der Waals surface area (Å²) in [7, 11) is 1.73. The van der Waals surface area contributed by atoms with Crippen LogP contribution in [0.4, 0.5) is 0 Å². The monoisotopic (exact) mass is 260 g/mol. The number of hydrogen-bond acceptors (Lipinski definition) is 2. The highest BCUT2D eigenvalue weighted by molar-refractivity contribution is 5.82. The van der Waals surface area contributed by atoms with Crippen LogP contribution in [0.25, 0.3) is 0 Å². The van der Waals surface area contributed by atoms with Crippen LogP contribution in [0.15, 0.2) is 30.3 Å². The normalized spacial score (nSPS) is 24.1. The van der Waals surface area contributed by atoms with Gasteiger partial charge in [0.25, 0.3) is 0 Å². The number of hydrogen-bond donors (Lipinski definition) is 1. The van der Waals surface area contributed by atoms with Gasteiger partial charge in [-0.15, -0.1) is 0 Å². The van der Waals surface area contributed by atoms with E-state index in [1.807, 2.05) is 6.07 Å². The summed E-state index contributed by atoms with van der Waals surface area (Å²) in [6.07, 6.45) is 3.16. The summed E-state index contributed by atoms with van der Waals surface area (Å²) in [4.78, 5) is 14.4. The van der Waals surface area contributed by atoms with Crippen molar-refractivity contribution < 1.29 is 4.79 Å². The molecule has 1 atom stereocenters. The zero-order chi connectivity index (χ0) is 13.7. The fraction of sp³-hybridized carbons (Fsp3) is 0.562. The molecule has 1 amide bonds. The fourth-order valence-electron chi connectivity index (χ4n) is 2.95. The minimum Gasteiger partial charge on any atom is -0.359 e. The number of piperidine rings is 1. The molecule has 1 N–H and O–H groups in total. The number of rotatable bonds is 4. The fourth-order valence-corrected chi connectivity index (χ4v) is 2.95. The van der Waals surface area contributed by atoms with Crippen molar-refractivity contribution in [1.29, 1.82) is 0 Å². The Kier molecular flexibility index (Phi) is 4.59. The lowest BCUT2D eigenvalue weighted by Gasteiger charge is -2.39. The van der Waals surface area contributed by atoms with Gasteiger partial charge in [0.1, 0.15) is 0 Å². The Morgan fingerprint density at radius 3 is 2.79 bits per heavy atom. The minimum absolute atomic E-state index is 0.178. The Labute approximate surface area is 116 Å².